The molecule has 0 aliphatic rings. The SMILES string of the molecule is CO[SiH](OC)C(C)CCNC=O. The van der Waals surface area contributed by atoms with Crippen molar-refractivity contribution in [2.24, 2.45) is 0 Å². The van der Waals surface area contributed by atoms with Gasteiger partial charge in [-0.15, -0.1) is 0 Å². The lowest BCUT2D eigenvalue weighted by Gasteiger charge is -2.17. The quantitative estimate of drug-likeness (QED) is 0.351. The highest BCUT2D eigenvalue weighted by atomic mass is 28.3. The van der Waals surface area contributed by atoms with Crippen LogP contribution in [-0.4, -0.2) is 36.5 Å². The maximum Gasteiger partial charge on any atom is 0.323 e. The van der Waals surface area contributed by atoms with Gasteiger partial charge in [0.15, 0.2) is 0 Å². The van der Waals surface area contributed by atoms with E-state index < -0.39 is 9.28 Å². The normalized spacial score (nSPS) is 13.0. The topological polar surface area (TPSA) is 47.6 Å². The Morgan fingerprint density at radius 3 is 2.50 bits per heavy atom. The highest BCUT2D eigenvalue weighted by Crippen LogP contribution is 2.13. The van der Waals surface area contributed by atoms with Crippen LogP contribution in [0, 0.1) is 0 Å². The van der Waals surface area contributed by atoms with Crippen molar-refractivity contribution in [2.75, 3.05) is 20.8 Å². The molecule has 0 aromatic carbocycles. The van der Waals surface area contributed by atoms with Crippen molar-refractivity contribution >= 4 is 15.7 Å². The van der Waals surface area contributed by atoms with E-state index in [4.69, 9.17) is 8.85 Å². The molecule has 0 rings (SSSR count). The predicted octanol–water partition coefficient (Wildman–Crippen LogP) is 0.0259. The molecule has 0 aliphatic carbocycles. The molecule has 1 amide bonds. The van der Waals surface area contributed by atoms with Gasteiger partial charge in [0.25, 0.3) is 0 Å². The molecule has 0 heterocycles. The fourth-order valence-electron chi connectivity index (χ4n) is 1.07. The van der Waals surface area contributed by atoms with E-state index in [-0.39, 0.29) is 0 Å². The molecule has 0 aromatic rings. The van der Waals surface area contributed by atoms with Gasteiger partial charge in [-0.1, -0.05) is 6.92 Å². The minimum absolute atomic E-state index is 0.424. The lowest BCUT2D eigenvalue weighted by molar-refractivity contribution is -0.109. The molecule has 1 atom stereocenters. The Labute approximate surface area is 75.1 Å². The van der Waals surface area contributed by atoms with Crippen LogP contribution in [-0.2, 0) is 13.6 Å². The van der Waals surface area contributed by atoms with Crippen LogP contribution in [0.15, 0.2) is 0 Å². The van der Waals surface area contributed by atoms with Crippen molar-refractivity contribution < 1.29 is 13.6 Å². The second-order valence-corrected chi connectivity index (χ2v) is 5.50. The minimum atomic E-state index is -1.48. The third-order valence-corrected chi connectivity index (χ3v) is 3.95. The third kappa shape index (κ3) is 4.48. The number of amides is 1. The number of nitrogens with one attached hydrogen (secondary N) is 1. The third-order valence-electron chi connectivity index (χ3n) is 1.76. The second-order valence-electron chi connectivity index (χ2n) is 2.68. The van der Waals surface area contributed by atoms with E-state index in [1.54, 1.807) is 14.2 Å². The number of carbonyl (C=O) groups excluding carboxylic acids is 1. The molecular weight excluding hydrogens is 174 g/mol. The van der Waals surface area contributed by atoms with Crippen LogP contribution >= 0.6 is 0 Å². The van der Waals surface area contributed by atoms with E-state index in [0.29, 0.717) is 18.5 Å². The second kappa shape index (κ2) is 7.27. The summed E-state index contributed by atoms with van der Waals surface area (Å²) in [6.07, 6.45) is 1.63. The predicted molar refractivity (Wildman–Crippen MR) is 49.3 cm³/mol. The highest BCUT2D eigenvalue weighted by Gasteiger charge is 2.18. The zero-order chi connectivity index (χ0) is 9.40. The maximum absolute atomic E-state index is 9.93. The van der Waals surface area contributed by atoms with Crippen LogP contribution in [0.1, 0.15) is 13.3 Å². The van der Waals surface area contributed by atoms with Gasteiger partial charge in [-0.25, -0.2) is 0 Å². The first-order chi connectivity index (χ1) is 5.76. The Morgan fingerprint density at radius 1 is 1.50 bits per heavy atom. The highest BCUT2D eigenvalue weighted by molar-refractivity contribution is 6.46. The van der Waals surface area contributed by atoms with Crippen LogP contribution < -0.4 is 5.32 Å². The molecule has 1 unspecified atom stereocenters. The zero-order valence-corrected chi connectivity index (χ0v) is 9.03. The van der Waals surface area contributed by atoms with Crippen molar-refractivity contribution in [3.63, 3.8) is 0 Å². The first-order valence-corrected chi connectivity index (χ1v) is 5.59. The summed E-state index contributed by atoms with van der Waals surface area (Å²) in [4.78, 5) is 9.93. The Kier molecular flexibility index (Phi) is 7.03. The molecule has 0 spiro atoms. The summed E-state index contributed by atoms with van der Waals surface area (Å²) < 4.78 is 10.4. The number of rotatable bonds is 7. The van der Waals surface area contributed by atoms with Gasteiger partial charge < -0.3 is 14.2 Å². The standard InChI is InChI=1S/C7H17NO3Si/c1-7(4-5-8-6-9)12(10-2)11-3/h6-7,12H,4-5H2,1-3H3,(H,8,9). The fourth-order valence-corrected chi connectivity index (χ4v) is 2.63. The first kappa shape index (κ1) is 11.6. The summed E-state index contributed by atoms with van der Waals surface area (Å²) in [6, 6.07) is 0. The first-order valence-electron chi connectivity index (χ1n) is 3.98. The largest absolute Gasteiger partial charge is 0.400 e. The Morgan fingerprint density at radius 2 is 2.08 bits per heavy atom. The summed E-state index contributed by atoms with van der Waals surface area (Å²) in [5.74, 6) is 0. The lowest BCUT2D eigenvalue weighted by atomic mass is 10.3. The van der Waals surface area contributed by atoms with Crippen LogP contribution in [0.3, 0.4) is 0 Å². The molecule has 0 saturated heterocycles. The lowest BCUT2D eigenvalue weighted by Crippen LogP contribution is -2.27. The van der Waals surface area contributed by atoms with Gasteiger partial charge in [0, 0.05) is 20.8 Å². The van der Waals surface area contributed by atoms with Crippen LogP contribution in [0.25, 0.3) is 0 Å². The van der Waals surface area contributed by atoms with Gasteiger partial charge in [-0.2, -0.15) is 0 Å². The van der Waals surface area contributed by atoms with Crippen molar-refractivity contribution in [1.29, 1.82) is 0 Å². The van der Waals surface area contributed by atoms with Gasteiger partial charge in [0.1, 0.15) is 0 Å². The molecule has 4 nitrogen and oxygen atoms in total. The molecular formula is C7H17NO3Si. The van der Waals surface area contributed by atoms with E-state index >= 15 is 0 Å². The summed E-state index contributed by atoms with van der Waals surface area (Å²) in [6.45, 7) is 2.78. The maximum atomic E-state index is 9.93. The summed E-state index contributed by atoms with van der Waals surface area (Å²) in [5, 5.41) is 2.61. The van der Waals surface area contributed by atoms with Gasteiger partial charge in [-0.05, 0) is 12.0 Å². The van der Waals surface area contributed by atoms with Crippen LogP contribution in [0.2, 0.25) is 5.54 Å². The molecule has 0 aromatic heterocycles. The average molecular weight is 191 g/mol. The fraction of sp³-hybridized carbons (Fsp3) is 0.857. The molecule has 12 heavy (non-hydrogen) atoms. The van der Waals surface area contributed by atoms with Gasteiger partial charge in [-0.3, -0.25) is 4.79 Å². The van der Waals surface area contributed by atoms with Crippen molar-refractivity contribution in [3.05, 3.63) is 0 Å². The monoisotopic (exact) mass is 191 g/mol. The molecule has 0 fully saturated rings. The average Bonchev–Trinajstić information content (AvgIpc) is 2.07. The van der Waals surface area contributed by atoms with E-state index in [9.17, 15) is 4.79 Å². The summed E-state index contributed by atoms with van der Waals surface area (Å²) in [7, 11) is 1.86. The number of carbonyl (C=O) groups is 1. The van der Waals surface area contributed by atoms with Crippen LogP contribution in [0.4, 0.5) is 0 Å². The van der Waals surface area contributed by atoms with Gasteiger partial charge >= 0.3 is 9.28 Å². The summed E-state index contributed by atoms with van der Waals surface area (Å²) >= 11 is 0. The van der Waals surface area contributed by atoms with Gasteiger partial charge in [0.05, 0.1) is 0 Å². The number of hydrogen-bond donors (Lipinski definition) is 1. The minimum Gasteiger partial charge on any atom is -0.400 e. The summed E-state index contributed by atoms with van der Waals surface area (Å²) in [5.41, 5.74) is 0.424. The van der Waals surface area contributed by atoms with Crippen molar-refractivity contribution in [3.8, 4) is 0 Å². The van der Waals surface area contributed by atoms with Gasteiger partial charge in [0.2, 0.25) is 6.41 Å². The molecule has 5 heteroatoms. The Hall–Kier alpha value is -0.393. The Balaban J connectivity index is 3.53. The van der Waals surface area contributed by atoms with E-state index in [2.05, 4.69) is 12.2 Å². The van der Waals surface area contributed by atoms with E-state index in [1.165, 1.54) is 0 Å². The molecule has 1 N–H and O–H groups in total. The molecule has 0 radical (unpaired) electrons. The number of hydrogen-bond acceptors (Lipinski definition) is 3. The zero-order valence-electron chi connectivity index (χ0n) is 7.87. The van der Waals surface area contributed by atoms with E-state index in [1.807, 2.05) is 0 Å². The molecule has 0 aliphatic heterocycles. The van der Waals surface area contributed by atoms with Crippen molar-refractivity contribution in [1.82, 2.24) is 5.32 Å². The van der Waals surface area contributed by atoms with Crippen LogP contribution in [0.5, 0.6) is 0 Å². The molecule has 0 bridgehead atoms. The molecule has 0 saturated carbocycles. The van der Waals surface area contributed by atoms with Crippen molar-refractivity contribution in [2.45, 2.75) is 18.9 Å². The van der Waals surface area contributed by atoms with E-state index in [0.717, 1.165) is 6.42 Å². The Bertz CT molecular complexity index is 119. The smallest absolute Gasteiger partial charge is 0.323 e. The molecule has 72 valence electrons.